The second-order valence-corrected chi connectivity index (χ2v) is 8.27. The molecule has 1 atom stereocenters. The van der Waals surface area contributed by atoms with Crippen molar-refractivity contribution >= 4 is 50.3 Å². The van der Waals surface area contributed by atoms with Gasteiger partial charge in [-0.1, -0.05) is 53.3 Å². The third-order valence-corrected chi connectivity index (χ3v) is 6.22. The van der Waals surface area contributed by atoms with Crippen LogP contribution in [0, 0.1) is 6.92 Å². The lowest BCUT2D eigenvalue weighted by molar-refractivity contribution is -0.114. The molecule has 4 rings (SSSR count). The molecule has 1 aliphatic rings. The SMILES string of the molecule is Cc1cccc2sc(N(CC3CCCO3)C(=O)/C=C/c3ccccc3Cl)nc12. The fourth-order valence-electron chi connectivity index (χ4n) is 3.31. The van der Waals surface area contributed by atoms with Crippen LogP contribution in [0.25, 0.3) is 16.3 Å². The Labute approximate surface area is 173 Å². The van der Waals surface area contributed by atoms with Crippen LogP contribution in [0.3, 0.4) is 0 Å². The van der Waals surface area contributed by atoms with E-state index in [2.05, 4.69) is 0 Å². The van der Waals surface area contributed by atoms with Crippen LogP contribution in [0.15, 0.2) is 48.5 Å². The number of halogens is 1. The number of aromatic nitrogens is 1. The van der Waals surface area contributed by atoms with E-state index in [4.69, 9.17) is 21.3 Å². The van der Waals surface area contributed by atoms with Gasteiger partial charge in [-0.2, -0.15) is 0 Å². The number of aryl methyl sites for hydroxylation is 1. The van der Waals surface area contributed by atoms with E-state index in [9.17, 15) is 4.79 Å². The Kier molecular flexibility index (Phi) is 5.76. The molecule has 1 aromatic heterocycles. The zero-order valence-electron chi connectivity index (χ0n) is 15.6. The number of hydrogen-bond acceptors (Lipinski definition) is 4. The number of thiazole rings is 1. The lowest BCUT2D eigenvalue weighted by Crippen LogP contribution is -2.36. The Hall–Kier alpha value is -2.21. The van der Waals surface area contributed by atoms with Gasteiger partial charge in [-0.15, -0.1) is 0 Å². The van der Waals surface area contributed by atoms with Gasteiger partial charge in [0.05, 0.1) is 22.9 Å². The molecule has 0 aliphatic carbocycles. The molecule has 2 heterocycles. The summed E-state index contributed by atoms with van der Waals surface area (Å²) in [6.07, 6.45) is 5.36. The monoisotopic (exact) mass is 412 g/mol. The number of ether oxygens (including phenoxy) is 1. The largest absolute Gasteiger partial charge is 0.376 e. The van der Waals surface area contributed by atoms with E-state index in [1.54, 1.807) is 17.1 Å². The summed E-state index contributed by atoms with van der Waals surface area (Å²) in [7, 11) is 0. The molecule has 1 fully saturated rings. The Morgan fingerprint density at radius 1 is 1.32 bits per heavy atom. The highest BCUT2D eigenvalue weighted by atomic mass is 35.5. The van der Waals surface area contributed by atoms with Gasteiger partial charge < -0.3 is 4.74 Å². The van der Waals surface area contributed by atoms with Crippen molar-refractivity contribution < 1.29 is 9.53 Å². The van der Waals surface area contributed by atoms with Crippen molar-refractivity contribution in [3.05, 3.63) is 64.7 Å². The number of amides is 1. The molecule has 2 aromatic carbocycles. The third-order valence-electron chi connectivity index (χ3n) is 4.83. The van der Waals surface area contributed by atoms with Crippen LogP contribution >= 0.6 is 22.9 Å². The van der Waals surface area contributed by atoms with Gasteiger partial charge in [0.15, 0.2) is 5.13 Å². The smallest absolute Gasteiger partial charge is 0.252 e. The number of fused-ring (bicyclic) bond motifs is 1. The highest BCUT2D eigenvalue weighted by Crippen LogP contribution is 2.31. The molecule has 0 N–H and O–H groups in total. The third kappa shape index (κ3) is 4.12. The van der Waals surface area contributed by atoms with Crippen LogP contribution in [0.1, 0.15) is 24.0 Å². The molecule has 28 heavy (non-hydrogen) atoms. The Morgan fingerprint density at radius 3 is 2.93 bits per heavy atom. The molecule has 3 aromatic rings. The molecule has 0 bridgehead atoms. The van der Waals surface area contributed by atoms with Gasteiger partial charge in [0.2, 0.25) is 0 Å². The van der Waals surface area contributed by atoms with Gasteiger partial charge in [-0.3, -0.25) is 9.69 Å². The van der Waals surface area contributed by atoms with Crippen molar-refractivity contribution in [1.29, 1.82) is 0 Å². The van der Waals surface area contributed by atoms with Crippen LogP contribution in [0.5, 0.6) is 0 Å². The minimum absolute atomic E-state index is 0.0470. The maximum Gasteiger partial charge on any atom is 0.252 e. The number of anilines is 1. The van der Waals surface area contributed by atoms with Crippen molar-refractivity contribution in [3.8, 4) is 0 Å². The fraction of sp³-hybridized carbons (Fsp3) is 0.273. The van der Waals surface area contributed by atoms with Crippen LogP contribution < -0.4 is 4.90 Å². The quantitative estimate of drug-likeness (QED) is 0.521. The highest BCUT2D eigenvalue weighted by Gasteiger charge is 2.25. The molecular weight excluding hydrogens is 392 g/mol. The second kappa shape index (κ2) is 8.43. The molecular formula is C22H21ClN2O2S. The van der Waals surface area contributed by atoms with E-state index in [-0.39, 0.29) is 12.0 Å². The molecule has 1 unspecified atom stereocenters. The maximum absolute atomic E-state index is 13.1. The molecule has 0 saturated carbocycles. The van der Waals surface area contributed by atoms with Gasteiger partial charge in [-0.05, 0) is 49.1 Å². The van der Waals surface area contributed by atoms with Crippen molar-refractivity contribution in [2.75, 3.05) is 18.1 Å². The van der Waals surface area contributed by atoms with Crippen LogP contribution in [0.2, 0.25) is 5.02 Å². The summed E-state index contributed by atoms with van der Waals surface area (Å²) in [5.41, 5.74) is 2.87. The number of carbonyl (C=O) groups excluding carboxylic acids is 1. The minimum atomic E-state index is -0.118. The zero-order valence-corrected chi connectivity index (χ0v) is 17.2. The van der Waals surface area contributed by atoms with Crippen LogP contribution in [-0.4, -0.2) is 30.1 Å². The summed E-state index contributed by atoms with van der Waals surface area (Å²) in [5.74, 6) is -0.118. The van der Waals surface area contributed by atoms with E-state index < -0.39 is 0 Å². The lowest BCUT2D eigenvalue weighted by Gasteiger charge is -2.21. The molecule has 144 valence electrons. The zero-order chi connectivity index (χ0) is 19.5. The van der Waals surface area contributed by atoms with E-state index in [0.29, 0.717) is 16.7 Å². The number of carbonyl (C=O) groups is 1. The predicted octanol–water partition coefficient (Wildman–Crippen LogP) is 5.48. The minimum Gasteiger partial charge on any atom is -0.376 e. The van der Waals surface area contributed by atoms with Gasteiger partial charge in [0.25, 0.3) is 5.91 Å². The predicted molar refractivity (Wildman–Crippen MR) is 116 cm³/mol. The molecule has 0 radical (unpaired) electrons. The summed E-state index contributed by atoms with van der Waals surface area (Å²) < 4.78 is 6.85. The maximum atomic E-state index is 13.1. The number of para-hydroxylation sites is 1. The van der Waals surface area contributed by atoms with Crippen molar-refractivity contribution in [2.24, 2.45) is 0 Å². The number of benzene rings is 2. The normalized spacial score (nSPS) is 16.9. The lowest BCUT2D eigenvalue weighted by atomic mass is 10.2. The summed E-state index contributed by atoms with van der Waals surface area (Å²) in [6.45, 7) is 3.29. The Balaban J connectivity index is 1.65. The van der Waals surface area contributed by atoms with Crippen molar-refractivity contribution in [2.45, 2.75) is 25.9 Å². The number of hydrogen-bond donors (Lipinski definition) is 0. The van der Waals surface area contributed by atoms with E-state index in [1.165, 1.54) is 11.3 Å². The van der Waals surface area contributed by atoms with Crippen LogP contribution in [0.4, 0.5) is 5.13 Å². The molecule has 6 heteroatoms. The Morgan fingerprint density at radius 2 is 2.18 bits per heavy atom. The average Bonchev–Trinajstić information content (AvgIpc) is 3.35. The van der Waals surface area contributed by atoms with Crippen molar-refractivity contribution in [3.63, 3.8) is 0 Å². The second-order valence-electron chi connectivity index (χ2n) is 6.86. The summed E-state index contributed by atoms with van der Waals surface area (Å²) in [5, 5.41) is 1.32. The first-order valence-corrected chi connectivity index (χ1v) is 10.5. The van der Waals surface area contributed by atoms with Gasteiger partial charge in [-0.25, -0.2) is 4.98 Å². The molecule has 1 saturated heterocycles. The van der Waals surface area contributed by atoms with Gasteiger partial charge >= 0.3 is 0 Å². The van der Waals surface area contributed by atoms with Gasteiger partial charge in [0, 0.05) is 17.7 Å². The van der Waals surface area contributed by atoms with E-state index >= 15 is 0 Å². The standard InChI is InChI=1S/C22H21ClN2O2S/c1-15-6-4-10-19-21(15)24-22(28-19)25(14-17-8-5-13-27-17)20(26)12-11-16-7-2-3-9-18(16)23/h2-4,6-7,9-12,17H,5,8,13-14H2,1H3/b12-11+. The molecule has 0 spiro atoms. The van der Waals surface area contributed by atoms with Gasteiger partial charge in [0.1, 0.15) is 0 Å². The first-order valence-electron chi connectivity index (χ1n) is 9.33. The first-order chi connectivity index (χ1) is 13.6. The first kappa shape index (κ1) is 19.1. The fourth-order valence-corrected chi connectivity index (χ4v) is 4.56. The molecule has 1 amide bonds. The Bertz CT molecular complexity index is 1020. The van der Waals surface area contributed by atoms with Crippen molar-refractivity contribution in [1.82, 2.24) is 4.98 Å². The molecule has 4 nitrogen and oxygen atoms in total. The number of nitrogens with zero attached hydrogens (tertiary/aromatic N) is 2. The van der Waals surface area contributed by atoms with E-state index in [1.807, 2.05) is 49.4 Å². The van der Waals surface area contributed by atoms with Crippen LogP contribution in [-0.2, 0) is 9.53 Å². The summed E-state index contributed by atoms with van der Waals surface area (Å²) in [4.78, 5) is 19.6. The molecule has 1 aliphatic heterocycles. The highest BCUT2D eigenvalue weighted by molar-refractivity contribution is 7.22. The summed E-state index contributed by atoms with van der Waals surface area (Å²) in [6, 6.07) is 13.6. The summed E-state index contributed by atoms with van der Waals surface area (Å²) >= 11 is 7.74. The number of rotatable bonds is 5. The average molecular weight is 413 g/mol. The van der Waals surface area contributed by atoms with E-state index in [0.717, 1.165) is 40.8 Å². The topological polar surface area (TPSA) is 42.4 Å².